The Morgan fingerprint density at radius 3 is 2.52 bits per heavy atom. The maximum Gasteiger partial charge on any atom is 0.378 e. The predicted molar refractivity (Wildman–Crippen MR) is 73.1 cm³/mol. The van der Waals surface area contributed by atoms with Crippen LogP contribution in [0.3, 0.4) is 0 Å². The Morgan fingerprint density at radius 2 is 1.91 bits per heavy atom. The van der Waals surface area contributed by atoms with Crippen LogP contribution in [0.15, 0.2) is 11.3 Å². The van der Waals surface area contributed by atoms with Gasteiger partial charge in [-0.3, -0.25) is 0 Å². The molecule has 2 fully saturated rings. The molecule has 23 heavy (non-hydrogen) atoms. The molecule has 2 aliphatic heterocycles. The van der Waals surface area contributed by atoms with Gasteiger partial charge >= 0.3 is 6.18 Å². The summed E-state index contributed by atoms with van der Waals surface area (Å²) < 4.78 is 50.3. The molecule has 128 valence electrons. The third-order valence-electron chi connectivity index (χ3n) is 5.48. The van der Waals surface area contributed by atoms with Gasteiger partial charge in [-0.1, -0.05) is 6.92 Å². The second-order valence-corrected chi connectivity index (χ2v) is 7.07. The molecule has 3 nitrogen and oxygen atoms in total. The molecule has 0 aromatic carbocycles. The third kappa shape index (κ3) is 2.85. The average Bonchev–Trinajstić information content (AvgIpc) is 2.51. The van der Waals surface area contributed by atoms with Crippen LogP contribution in [-0.4, -0.2) is 23.4 Å². The van der Waals surface area contributed by atoms with E-state index < -0.39 is 24.0 Å². The van der Waals surface area contributed by atoms with Gasteiger partial charge in [0.25, 0.3) is 0 Å². The van der Waals surface area contributed by atoms with Crippen molar-refractivity contribution in [3.05, 3.63) is 18.3 Å². The first kappa shape index (κ1) is 17.5. The number of hydrogen-bond donors (Lipinski definition) is 1. The van der Waals surface area contributed by atoms with Crippen molar-refractivity contribution in [2.75, 3.05) is 0 Å². The largest absolute Gasteiger partial charge is 0.550 e. The van der Waals surface area contributed by atoms with E-state index in [4.69, 9.17) is 9.47 Å². The molecule has 1 saturated heterocycles. The SMILES string of the molecule is [Bh].[CH2-]C1=C(C(F)(F)F)O[C@@H]2OC(C)(O)CCC3C2[C@H]1CC[C@H]3C. The molecule has 1 N–H and O–H groups in total. The molecule has 0 radical (unpaired) electrons. The molecular weight excluding hydrogens is 567 g/mol. The molecule has 0 aromatic rings. The number of halogens is 3. The molecule has 6 atom stereocenters. The van der Waals surface area contributed by atoms with Gasteiger partial charge in [0.05, 0.1) is 5.76 Å². The second kappa shape index (κ2) is 5.34. The number of rotatable bonds is 0. The summed E-state index contributed by atoms with van der Waals surface area (Å²) in [5.74, 6) is -2.39. The van der Waals surface area contributed by atoms with E-state index >= 15 is 0 Å². The number of allylic oxidation sites excluding steroid dienone is 2. The zero-order valence-corrected chi connectivity index (χ0v) is 20.0. The normalized spacial score (nSPS) is 43.8. The van der Waals surface area contributed by atoms with E-state index in [9.17, 15) is 18.3 Å². The molecular formula is C16H22BhF3O3-. The van der Waals surface area contributed by atoms with Crippen molar-refractivity contribution in [2.24, 2.45) is 23.7 Å². The van der Waals surface area contributed by atoms with Gasteiger partial charge in [0.1, 0.15) is 0 Å². The van der Waals surface area contributed by atoms with Crippen LogP contribution in [0, 0.1) is 30.6 Å². The Labute approximate surface area is 128 Å². The Morgan fingerprint density at radius 1 is 1.26 bits per heavy atom. The van der Waals surface area contributed by atoms with Crippen molar-refractivity contribution in [1.82, 2.24) is 0 Å². The zero-order chi connectivity index (χ0) is 16.3. The third-order valence-corrected chi connectivity index (χ3v) is 5.48. The van der Waals surface area contributed by atoms with Gasteiger partial charge in [-0.25, -0.2) is 6.92 Å². The van der Waals surface area contributed by atoms with Crippen LogP contribution in [0.25, 0.3) is 0 Å². The van der Waals surface area contributed by atoms with E-state index in [1.807, 2.05) is 0 Å². The summed E-state index contributed by atoms with van der Waals surface area (Å²) in [7, 11) is 0. The van der Waals surface area contributed by atoms with Crippen molar-refractivity contribution in [3.63, 3.8) is 0 Å². The molecule has 2 heterocycles. The van der Waals surface area contributed by atoms with Crippen LogP contribution in [-0.2, 0) is 9.47 Å². The zero-order valence-electron chi connectivity index (χ0n) is 13.5. The van der Waals surface area contributed by atoms with Crippen LogP contribution in [0.5, 0.6) is 0 Å². The Kier molecular flexibility index (Phi) is 4.06. The smallest absolute Gasteiger partial charge is 0.378 e. The summed E-state index contributed by atoms with van der Waals surface area (Å²) in [5.41, 5.74) is 0.0378. The van der Waals surface area contributed by atoms with Crippen molar-refractivity contribution in [3.8, 4) is 0 Å². The van der Waals surface area contributed by atoms with E-state index in [-0.39, 0.29) is 23.3 Å². The minimum absolute atomic E-state index is 0. The van der Waals surface area contributed by atoms with Crippen molar-refractivity contribution in [1.29, 1.82) is 0 Å². The first-order valence-electron chi connectivity index (χ1n) is 7.80. The fourth-order valence-corrected chi connectivity index (χ4v) is 4.34. The van der Waals surface area contributed by atoms with Crippen LogP contribution in [0.2, 0.25) is 0 Å². The molecule has 3 unspecified atom stereocenters. The topological polar surface area (TPSA) is 38.7 Å². The van der Waals surface area contributed by atoms with Crippen LogP contribution in [0.4, 0.5) is 13.2 Å². The van der Waals surface area contributed by atoms with E-state index in [0.29, 0.717) is 18.8 Å². The van der Waals surface area contributed by atoms with E-state index in [2.05, 4.69) is 13.8 Å². The fourth-order valence-electron chi connectivity index (χ4n) is 4.34. The number of hydrogen-bond acceptors (Lipinski definition) is 3. The van der Waals surface area contributed by atoms with Gasteiger partial charge < -0.3 is 14.6 Å². The van der Waals surface area contributed by atoms with Crippen molar-refractivity contribution < 1.29 is 27.8 Å². The summed E-state index contributed by atoms with van der Waals surface area (Å²) >= 11 is 0. The molecule has 1 saturated carbocycles. The Hall–Kier alpha value is -1.88. The molecule has 0 amide bonds. The average molecular weight is 589 g/mol. The quantitative estimate of drug-likeness (QED) is 0.438. The molecule has 3 rings (SSSR count). The maximum absolute atomic E-state index is 13.2. The summed E-state index contributed by atoms with van der Waals surface area (Å²) in [4.78, 5) is 0. The molecule has 7 heteroatoms. The molecule has 1 aliphatic carbocycles. The Balaban J connectivity index is 0.00000192. The van der Waals surface area contributed by atoms with Gasteiger partial charge in [0.15, 0.2) is 12.1 Å². The first-order valence-corrected chi connectivity index (χ1v) is 7.80. The van der Waals surface area contributed by atoms with Gasteiger partial charge in [-0.05, 0) is 43.9 Å². The van der Waals surface area contributed by atoms with Gasteiger partial charge in [-0.15, -0.1) is 0 Å². The maximum atomic E-state index is 13.2. The minimum atomic E-state index is -4.58. The summed E-state index contributed by atoms with van der Waals surface area (Å²) in [5, 5.41) is 10.2. The predicted octanol–water partition coefficient (Wildman–Crippen LogP) is 3.79. The summed E-state index contributed by atoms with van der Waals surface area (Å²) in [6.07, 6.45) is -2.99. The van der Waals surface area contributed by atoms with Gasteiger partial charge in [0, 0.05) is 12.3 Å². The minimum Gasteiger partial charge on any atom is -0.550 e. The standard InChI is InChI=1S/C16H22F3O3.Bh/c1-8-4-5-11-9(2)13(16(17,18)19)21-14-12(11)10(8)6-7-15(3,20)22-14;/h8,10-12,14,20H,2,4-7H2,1,3H3;/q-1;/t8-,10?,11+,12?,14-,15?;/m1./s1. The Bertz CT molecular complexity index is 489. The number of alkyl halides is 3. The van der Waals surface area contributed by atoms with Crippen LogP contribution >= 0.6 is 0 Å². The van der Waals surface area contributed by atoms with E-state index in [1.54, 1.807) is 0 Å². The van der Waals surface area contributed by atoms with Crippen LogP contribution < -0.4 is 0 Å². The number of ether oxygens (including phenoxy) is 2. The van der Waals surface area contributed by atoms with Gasteiger partial charge in [-0.2, -0.15) is 18.7 Å². The second-order valence-electron chi connectivity index (χ2n) is 7.07. The van der Waals surface area contributed by atoms with E-state index in [1.165, 1.54) is 6.92 Å². The first-order chi connectivity index (χ1) is 10.1. The fraction of sp³-hybridized carbons (Fsp3) is 0.812. The summed E-state index contributed by atoms with van der Waals surface area (Å²) in [6.45, 7) is 7.27. The molecule has 3 aliphatic rings. The van der Waals surface area contributed by atoms with Gasteiger partial charge in [0.2, 0.25) is 0 Å². The van der Waals surface area contributed by atoms with E-state index in [0.717, 1.165) is 12.8 Å². The number of aliphatic hydroxyl groups is 1. The monoisotopic (exact) mass is 589 g/mol. The summed E-state index contributed by atoms with van der Waals surface area (Å²) in [6, 6.07) is 0. The molecule has 0 spiro atoms. The van der Waals surface area contributed by atoms with Crippen LogP contribution in [0.1, 0.15) is 39.5 Å². The molecule has 0 bridgehead atoms. The van der Waals surface area contributed by atoms with Crippen molar-refractivity contribution >= 4 is 0 Å². The molecule has 0 aromatic heterocycles. The van der Waals surface area contributed by atoms with Crippen molar-refractivity contribution in [2.45, 2.75) is 57.8 Å².